The van der Waals surface area contributed by atoms with Crippen molar-refractivity contribution in [3.63, 3.8) is 0 Å². The van der Waals surface area contributed by atoms with Crippen LogP contribution in [0.5, 0.6) is 11.5 Å². The number of ether oxygens (including phenoxy) is 2. The summed E-state index contributed by atoms with van der Waals surface area (Å²) in [7, 11) is 0. The lowest BCUT2D eigenvalue weighted by molar-refractivity contribution is 0.291. The van der Waals surface area contributed by atoms with Crippen LogP contribution in [0.1, 0.15) is 29.7 Å². The van der Waals surface area contributed by atoms with E-state index in [-0.39, 0.29) is 6.04 Å². The highest BCUT2D eigenvalue weighted by Gasteiger charge is 2.17. The third-order valence-electron chi connectivity index (χ3n) is 3.63. The summed E-state index contributed by atoms with van der Waals surface area (Å²) in [6.45, 7) is 3.22. The minimum Gasteiger partial charge on any atom is -0.493 e. The van der Waals surface area contributed by atoms with E-state index in [9.17, 15) is 0 Å². The van der Waals surface area contributed by atoms with Crippen LogP contribution in [0.2, 0.25) is 0 Å². The Morgan fingerprint density at radius 1 is 1.29 bits per heavy atom. The predicted molar refractivity (Wildman–Crippen MR) is 86.7 cm³/mol. The van der Waals surface area contributed by atoms with Gasteiger partial charge in [-0.2, -0.15) is 0 Å². The molecule has 2 aromatic rings. The maximum absolute atomic E-state index is 5.87. The van der Waals surface area contributed by atoms with E-state index in [2.05, 4.69) is 28.1 Å². The zero-order valence-electron chi connectivity index (χ0n) is 11.9. The molecule has 0 bridgehead atoms. The first-order chi connectivity index (χ1) is 10.1. The van der Waals surface area contributed by atoms with E-state index in [4.69, 9.17) is 15.2 Å². The van der Waals surface area contributed by atoms with Gasteiger partial charge < -0.3 is 15.2 Å². The number of fused-ring (bicyclic) bond motifs is 1. The third-order valence-corrected chi connectivity index (χ3v) is 4.08. The predicted octanol–water partition coefficient (Wildman–Crippen LogP) is 3.98. The van der Waals surface area contributed by atoms with E-state index < -0.39 is 0 Å². The molecule has 0 fully saturated rings. The van der Waals surface area contributed by atoms with Gasteiger partial charge in [0.1, 0.15) is 18.1 Å². The highest BCUT2D eigenvalue weighted by molar-refractivity contribution is 9.10. The van der Waals surface area contributed by atoms with Crippen molar-refractivity contribution in [2.24, 2.45) is 5.73 Å². The molecule has 1 heterocycles. The normalized spacial score (nSPS) is 14.4. The van der Waals surface area contributed by atoms with Crippen LogP contribution in [0.4, 0.5) is 0 Å². The Hall–Kier alpha value is -1.52. The number of nitrogens with two attached hydrogens (primary N) is 1. The van der Waals surface area contributed by atoms with Gasteiger partial charge >= 0.3 is 0 Å². The fourth-order valence-corrected chi connectivity index (χ4v) is 3.03. The molecule has 0 unspecified atom stereocenters. The van der Waals surface area contributed by atoms with Gasteiger partial charge in [-0.3, -0.25) is 0 Å². The minimum atomic E-state index is 0.0424. The zero-order chi connectivity index (χ0) is 14.8. The number of rotatable bonds is 4. The Labute approximate surface area is 133 Å². The van der Waals surface area contributed by atoms with Crippen LogP contribution in [-0.4, -0.2) is 6.61 Å². The van der Waals surface area contributed by atoms with Crippen LogP contribution in [-0.2, 0) is 13.0 Å². The fraction of sp³-hybridized carbons (Fsp3) is 0.294. The molecule has 2 aromatic carbocycles. The lowest BCUT2D eigenvalue weighted by Gasteiger charge is -2.12. The quantitative estimate of drug-likeness (QED) is 0.909. The van der Waals surface area contributed by atoms with Crippen LogP contribution in [0.15, 0.2) is 40.9 Å². The number of halogens is 1. The first-order valence-electron chi connectivity index (χ1n) is 7.06. The molecule has 1 aliphatic rings. The van der Waals surface area contributed by atoms with E-state index in [0.29, 0.717) is 6.61 Å². The molecule has 1 atom stereocenters. The van der Waals surface area contributed by atoms with Crippen LogP contribution < -0.4 is 15.2 Å². The lowest BCUT2D eigenvalue weighted by atomic mass is 10.1. The molecule has 110 valence electrons. The summed E-state index contributed by atoms with van der Waals surface area (Å²) in [6, 6.07) is 12.1. The monoisotopic (exact) mass is 347 g/mol. The highest BCUT2D eigenvalue weighted by atomic mass is 79.9. The second kappa shape index (κ2) is 6.08. The minimum absolute atomic E-state index is 0.0424. The summed E-state index contributed by atoms with van der Waals surface area (Å²) >= 11 is 3.54. The third kappa shape index (κ3) is 3.22. The first kappa shape index (κ1) is 14.4. The molecule has 0 aromatic heterocycles. The molecule has 3 rings (SSSR count). The maximum Gasteiger partial charge on any atom is 0.129 e. The van der Waals surface area contributed by atoms with Gasteiger partial charge in [0.2, 0.25) is 0 Å². The highest BCUT2D eigenvalue weighted by Crippen LogP contribution is 2.33. The Morgan fingerprint density at radius 2 is 2.05 bits per heavy atom. The summed E-state index contributed by atoms with van der Waals surface area (Å²) in [5, 5.41) is 0. The average molecular weight is 348 g/mol. The van der Waals surface area contributed by atoms with E-state index in [1.165, 1.54) is 5.56 Å². The van der Waals surface area contributed by atoms with Gasteiger partial charge in [-0.05, 0) is 42.3 Å². The van der Waals surface area contributed by atoms with E-state index >= 15 is 0 Å². The van der Waals surface area contributed by atoms with E-state index in [1.54, 1.807) is 0 Å². The van der Waals surface area contributed by atoms with Crippen molar-refractivity contribution in [3.05, 3.63) is 57.6 Å². The molecule has 0 saturated carbocycles. The van der Waals surface area contributed by atoms with Gasteiger partial charge in [-0.1, -0.05) is 28.1 Å². The summed E-state index contributed by atoms with van der Waals surface area (Å²) in [5.41, 5.74) is 9.27. The van der Waals surface area contributed by atoms with Gasteiger partial charge in [0.25, 0.3) is 0 Å². The summed E-state index contributed by atoms with van der Waals surface area (Å²) in [4.78, 5) is 0. The second-order valence-corrected chi connectivity index (χ2v) is 6.21. The van der Waals surface area contributed by atoms with Crippen molar-refractivity contribution < 1.29 is 9.47 Å². The topological polar surface area (TPSA) is 44.5 Å². The summed E-state index contributed by atoms with van der Waals surface area (Å²) in [5.74, 6) is 1.82. The second-order valence-electron chi connectivity index (χ2n) is 5.30. The molecule has 21 heavy (non-hydrogen) atoms. The molecule has 0 spiro atoms. The molecular weight excluding hydrogens is 330 g/mol. The van der Waals surface area contributed by atoms with Gasteiger partial charge in [0.15, 0.2) is 0 Å². The molecule has 1 aliphatic heterocycles. The molecule has 0 amide bonds. The van der Waals surface area contributed by atoms with Crippen LogP contribution >= 0.6 is 15.9 Å². The van der Waals surface area contributed by atoms with Crippen molar-refractivity contribution in [3.8, 4) is 11.5 Å². The molecule has 0 aliphatic carbocycles. The van der Waals surface area contributed by atoms with Crippen molar-refractivity contribution in [2.75, 3.05) is 6.61 Å². The van der Waals surface area contributed by atoms with Crippen LogP contribution in [0.25, 0.3) is 0 Å². The van der Waals surface area contributed by atoms with Gasteiger partial charge in [-0.25, -0.2) is 0 Å². The summed E-state index contributed by atoms with van der Waals surface area (Å²) in [6.07, 6.45) is 0.963. The Balaban J connectivity index is 1.73. The molecular formula is C17H18BrNO2. The maximum atomic E-state index is 5.87. The van der Waals surface area contributed by atoms with Gasteiger partial charge in [-0.15, -0.1) is 0 Å². The Kier molecular flexibility index (Phi) is 4.17. The van der Waals surface area contributed by atoms with Gasteiger partial charge in [0.05, 0.1) is 6.61 Å². The van der Waals surface area contributed by atoms with Crippen molar-refractivity contribution in [1.29, 1.82) is 0 Å². The van der Waals surface area contributed by atoms with Crippen molar-refractivity contribution in [1.82, 2.24) is 0 Å². The average Bonchev–Trinajstić information content (AvgIpc) is 2.93. The zero-order valence-corrected chi connectivity index (χ0v) is 13.5. The standard InChI is InChI=1S/C17H18BrNO2/c1-11(19)12-2-4-16(5-3-12)21-10-14-9-15(18)8-13-6-7-20-17(13)14/h2-5,8-9,11H,6-7,10,19H2,1H3/t11-/m1/s1. The summed E-state index contributed by atoms with van der Waals surface area (Å²) < 4.78 is 12.6. The molecule has 0 saturated heterocycles. The van der Waals surface area contributed by atoms with Gasteiger partial charge in [0, 0.05) is 22.5 Å². The fourth-order valence-electron chi connectivity index (χ4n) is 2.48. The Morgan fingerprint density at radius 3 is 2.76 bits per heavy atom. The number of hydrogen-bond acceptors (Lipinski definition) is 3. The van der Waals surface area contributed by atoms with E-state index in [0.717, 1.165) is 40.1 Å². The Bertz CT molecular complexity index is 638. The van der Waals surface area contributed by atoms with Crippen LogP contribution in [0, 0.1) is 0 Å². The molecule has 0 radical (unpaired) electrons. The molecule has 2 N–H and O–H groups in total. The number of benzene rings is 2. The number of hydrogen-bond donors (Lipinski definition) is 1. The smallest absolute Gasteiger partial charge is 0.129 e. The van der Waals surface area contributed by atoms with Crippen molar-refractivity contribution >= 4 is 15.9 Å². The lowest BCUT2D eigenvalue weighted by Crippen LogP contribution is -2.04. The molecule has 3 nitrogen and oxygen atoms in total. The van der Waals surface area contributed by atoms with E-state index in [1.807, 2.05) is 31.2 Å². The largest absolute Gasteiger partial charge is 0.493 e. The van der Waals surface area contributed by atoms with Crippen LogP contribution in [0.3, 0.4) is 0 Å². The SMILES string of the molecule is C[C@@H](N)c1ccc(OCc2cc(Br)cc3c2OCC3)cc1. The molecule has 4 heteroatoms. The first-order valence-corrected chi connectivity index (χ1v) is 7.85. The van der Waals surface area contributed by atoms with Crippen molar-refractivity contribution in [2.45, 2.75) is 26.0 Å².